The molecule has 1 aliphatic heterocycles. The Bertz CT molecular complexity index is 559. The number of hydrogen-bond donors (Lipinski definition) is 2. The first kappa shape index (κ1) is 15.4. The van der Waals surface area contributed by atoms with Gasteiger partial charge in [0.25, 0.3) is 5.91 Å². The summed E-state index contributed by atoms with van der Waals surface area (Å²) >= 11 is 4.85. The van der Waals surface area contributed by atoms with Gasteiger partial charge in [-0.1, -0.05) is 12.2 Å². The number of carbonyl (C=O) groups is 2. The molecule has 0 radical (unpaired) electrons. The summed E-state index contributed by atoms with van der Waals surface area (Å²) in [6, 6.07) is 3.29. The average Bonchev–Trinajstić information content (AvgIpc) is 2.53. The molecule has 1 aliphatic rings. The molecular weight excluding hydrogens is 288 g/mol. The zero-order valence-corrected chi connectivity index (χ0v) is 12.7. The first-order valence-electron chi connectivity index (χ1n) is 6.79. The summed E-state index contributed by atoms with van der Waals surface area (Å²) in [4.78, 5) is 30.1. The maximum Gasteiger partial charge on any atom is 0.272 e. The number of amides is 2. The molecule has 0 bridgehead atoms. The fraction of sp³-hybridized carbons (Fsp3) is 0.429. The van der Waals surface area contributed by atoms with Crippen LogP contribution in [0.2, 0.25) is 0 Å². The highest BCUT2D eigenvalue weighted by molar-refractivity contribution is 7.80. The molecular formula is C14H18N4O2S. The molecule has 0 spiro atoms. The van der Waals surface area contributed by atoms with Gasteiger partial charge >= 0.3 is 0 Å². The van der Waals surface area contributed by atoms with E-state index in [4.69, 9.17) is 18.0 Å². The van der Waals surface area contributed by atoms with Crippen LogP contribution in [0.15, 0.2) is 18.3 Å². The van der Waals surface area contributed by atoms with E-state index in [9.17, 15) is 9.59 Å². The largest absolute Gasteiger partial charge is 0.389 e. The van der Waals surface area contributed by atoms with Gasteiger partial charge in [0.15, 0.2) is 0 Å². The number of aromatic nitrogens is 1. The summed E-state index contributed by atoms with van der Waals surface area (Å²) in [5, 5.41) is 2.63. The fourth-order valence-corrected chi connectivity index (χ4v) is 2.53. The summed E-state index contributed by atoms with van der Waals surface area (Å²) in [5.41, 5.74) is 6.47. The predicted molar refractivity (Wildman–Crippen MR) is 82.8 cm³/mol. The topological polar surface area (TPSA) is 88.3 Å². The molecule has 1 unspecified atom stereocenters. The van der Waals surface area contributed by atoms with Gasteiger partial charge in [-0.3, -0.25) is 14.6 Å². The second kappa shape index (κ2) is 6.62. The van der Waals surface area contributed by atoms with Crippen LogP contribution in [0.5, 0.6) is 0 Å². The van der Waals surface area contributed by atoms with Gasteiger partial charge in [-0.15, -0.1) is 0 Å². The van der Waals surface area contributed by atoms with E-state index in [1.54, 1.807) is 24.1 Å². The second-order valence-electron chi connectivity index (χ2n) is 5.00. The second-order valence-corrected chi connectivity index (χ2v) is 5.44. The SMILES string of the molecule is CNC(=O)C1CCCN(C(=O)c2ccc(C(N)=S)cn2)C1. The summed E-state index contributed by atoms with van der Waals surface area (Å²) in [6.07, 6.45) is 3.11. The van der Waals surface area contributed by atoms with Crippen LogP contribution in [0.4, 0.5) is 0 Å². The summed E-state index contributed by atoms with van der Waals surface area (Å²) < 4.78 is 0. The lowest BCUT2D eigenvalue weighted by Crippen LogP contribution is -2.45. The van der Waals surface area contributed by atoms with Crippen LogP contribution in [-0.2, 0) is 4.79 Å². The molecule has 2 rings (SSSR count). The smallest absolute Gasteiger partial charge is 0.272 e. The third-order valence-corrected chi connectivity index (χ3v) is 3.83. The van der Waals surface area contributed by atoms with Crippen molar-refractivity contribution in [3.05, 3.63) is 29.6 Å². The third kappa shape index (κ3) is 3.55. The Kier molecular flexibility index (Phi) is 4.85. The molecule has 1 aromatic rings. The van der Waals surface area contributed by atoms with Gasteiger partial charge in [-0.25, -0.2) is 0 Å². The number of thiocarbonyl (C=S) groups is 1. The van der Waals surface area contributed by atoms with Gasteiger partial charge in [0.1, 0.15) is 10.7 Å². The number of nitrogens with zero attached hydrogens (tertiary/aromatic N) is 2. The molecule has 1 aromatic heterocycles. The van der Waals surface area contributed by atoms with Gasteiger partial charge in [0, 0.05) is 31.9 Å². The molecule has 21 heavy (non-hydrogen) atoms. The molecule has 1 saturated heterocycles. The van der Waals surface area contributed by atoms with Crippen LogP contribution in [0.25, 0.3) is 0 Å². The first-order valence-corrected chi connectivity index (χ1v) is 7.20. The van der Waals surface area contributed by atoms with E-state index in [-0.39, 0.29) is 22.7 Å². The molecule has 1 fully saturated rings. The lowest BCUT2D eigenvalue weighted by Gasteiger charge is -2.31. The van der Waals surface area contributed by atoms with Gasteiger partial charge in [0.05, 0.1) is 5.92 Å². The first-order chi connectivity index (χ1) is 10.0. The average molecular weight is 306 g/mol. The summed E-state index contributed by atoms with van der Waals surface area (Å²) in [5.74, 6) is -0.342. The Labute approximate surface area is 128 Å². The molecule has 7 heteroatoms. The Hall–Kier alpha value is -2.02. The van der Waals surface area contributed by atoms with Crippen molar-refractivity contribution in [1.29, 1.82) is 0 Å². The van der Waals surface area contributed by atoms with Crippen LogP contribution < -0.4 is 11.1 Å². The van der Waals surface area contributed by atoms with Crippen molar-refractivity contribution in [3.8, 4) is 0 Å². The Balaban J connectivity index is 2.08. The number of nitrogens with one attached hydrogen (secondary N) is 1. The van der Waals surface area contributed by atoms with Crippen molar-refractivity contribution >= 4 is 29.0 Å². The number of nitrogens with two attached hydrogens (primary N) is 1. The molecule has 2 amide bonds. The lowest BCUT2D eigenvalue weighted by atomic mass is 9.97. The molecule has 2 heterocycles. The predicted octanol–water partition coefficient (Wildman–Crippen LogP) is 0.314. The van der Waals surface area contributed by atoms with Crippen LogP contribution in [-0.4, -0.2) is 46.8 Å². The van der Waals surface area contributed by atoms with Crippen molar-refractivity contribution < 1.29 is 9.59 Å². The molecule has 3 N–H and O–H groups in total. The number of likely N-dealkylation sites (tertiary alicyclic amines) is 1. The maximum absolute atomic E-state index is 12.4. The minimum Gasteiger partial charge on any atom is -0.389 e. The Morgan fingerprint density at radius 1 is 1.48 bits per heavy atom. The molecule has 1 atom stereocenters. The summed E-state index contributed by atoms with van der Waals surface area (Å²) in [7, 11) is 1.61. The van der Waals surface area contributed by atoms with Crippen molar-refractivity contribution in [2.24, 2.45) is 11.7 Å². The Morgan fingerprint density at radius 3 is 2.81 bits per heavy atom. The van der Waals surface area contributed by atoms with E-state index in [1.807, 2.05) is 0 Å². The van der Waals surface area contributed by atoms with Crippen LogP contribution in [0, 0.1) is 5.92 Å². The third-order valence-electron chi connectivity index (χ3n) is 3.59. The quantitative estimate of drug-likeness (QED) is 0.785. The van der Waals surface area contributed by atoms with Crippen molar-refractivity contribution in [3.63, 3.8) is 0 Å². The number of rotatable bonds is 3. The molecule has 0 aromatic carbocycles. The molecule has 0 saturated carbocycles. The van der Waals surface area contributed by atoms with Gasteiger partial charge in [0.2, 0.25) is 5.91 Å². The zero-order valence-electron chi connectivity index (χ0n) is 11.8. The van der Waals surface area contributed by atoms with Gasteiger partial charge in [-0.2, -0.15) is 0 Å². The Morgan fingerprint density at radius 2 is 2.24 bits per heavy atom. The highest BCUT2D eigenvalue weighted by Crippen LogP contribution is 2.18. The minimum absolute atomic E-state index is 0.0238. The van der Waals surface area contributed by atoms with E-state index >= 15 is 0 Å². The van der Waals surface area contributed by atoms with E-state index in [0.29, 0.717) is 24.3 Å². The van der Waals surface area contributed by atoms with E-state index in [0.717, 1.165) is 12.8 Å². The highest BCUT2D eigenvalue weighted by Gasteiger charge is 2.28. The summed E-state index contributed by atoms with van der Waals surface area (Å²) in [6.45, 7) is 1.07. The van der Waals surface area contributed by atoms with Gasteiger partial charge in [-0.05, 0) is 25.0 Å². The highest BCUT2D eigenvalue weighted by atomic mass is 32.1. The van der Waals surface area contributed by atoms with Gasteiger partial charge < -0.3 is 16.0 Å². The number of carbonyl (C=O) groups excluding carboxylic acids is 2. The van der Waals surface area contributed by atoms with E-state index < -0.39 is 0 Å². The van der Waals surface area contributed by atoms with E-state index in [2.05, 4.69) is 10.3 Å². The molecule has 6 nitrogen and oxygen atoms in total. The molecule has 112 valence electrons. The maximum atomic E-state index is 12.4. The van der Waals surface area contributed by atoms with Crippen molar-refractivity contribution in [2.75, 3.05) is 20.1 Å². The number of piperidine rings is 1. The minimum atomic E-state index is -0.168. The normalized spacial score (nSPS) is 18.1. The fourth-order valence-electron chi connectivity index (χ4n) is 2.41. The zero-order chi connectivity index (χ0) is 15.4. The van der Waals surface area contributed by atoms with Crippen molar-refractivity contribution in [1.82, 2.24) is 15.2 Å². The van der Waals surface area contributed by atoms with Crippen LogP contribution in [0.3, 0.4) is 0 Å². The number of pyridine rings is 1. The molecule has 0 aliphatic carbocycles. The lowest BCUT2D eigenvalue weighted by molar-refractivity contribution is -0.125. The van der Waals surface area contributed by atoms with E-state index in [1.165, 1.54) is 6.20 Å². The van der Waals surface area contributed by atoms with Crippen LogP contribution >= 0.6 is 12.2 Å². The standard InChI is InChI=1S/C14H18N4O2S/c1-16-13(19)10-3-2-6-18(8-10)14(20)11-5-4-9(7-17-11)12(15)21/h4-5,7,10H,2-3,6,8H2,1H3,(H2,15,21)(H,16,19). The number of hydrogen-bond acceptors (Lipinski definition) is 4. The van der Waals surface area contributed by atoms with Crippen LogP contribution in [0.1, 0.15) is 28.9 Å². The monoisotopic (exact) mass is 306 g/mol. The van der Waals surface area contributed by atoms with Crippen molar-refractivity contribution in [2.45, 2.75) is 12.8 Å².